The van der Waals surface area contributed by atoms with Crippen LogP contribution in [-0.2, 0) is 11.3 Å². The monoisotopic (exact) mass is 412 g/mol. The van der Waals surface area contributed by atoms with Crippen LogP contribution in [0.2, 0.25) is 4.34 Å². The van der Waals surface area contributed by atoms with Gasteiger partial charge in [0.2, 0.25) is 5.91 Å². The summed E-state index contributed by atoms with van der Waals surface area (Å²) < 4.78 is 0.787. The molecule has 3 heterocycles. The molecule has 1 saturated heterocycles. The Labute approximate surface area is 173 Å². The number of benzene rings is 1. The summed E-state index contributed by atoms with van der Waals surface area (Å²) in [5.41, 5.74) is 8.64. The van der Waals surface area contributed by atoms with Crippen molar-refractivity contribution < 1.29 is 4.79 Å². The average Bonchev–Trinajstić information content (AvgIpc) is 3.09. The number of amides is 1. The number of nitrogen functional groups attached to an aromatic ring is 1. The van der Waals surface area contributed by atoms with Gasteiger partial charge in [0.05, 0.1) is 16.4 Å². The van der Waals surface area contributed by atoms with Gasteiger partial charge in [0.25, 0.3) is 0 Å². The van der Waals surface area contributed by atoms with E-state index in [4.69, 9.17) is 17.3 Å². The summed E-state index contributed by atoms with van der Waals surface area (Å²) in [6, 6.07) is 11.7. The number of rotatable bonds is 5. The molecule has 1 aromatic carbocycles. The summed E-state index contributed by atoms with van der Waals surface area (Å²) in [5.74, 6) is 0.152. The number of hydrogen-bond donors (Lipinski definition) is 1. The Balaban J connectivity index is 1.34. The van der Waals surface area contributed by atoms with Gasteiger partial charge >= 0.3 is 0 Å². The molecule has 28 heavy (non-hydrogen) atoms. The summed E-state index contributed by atoms with van der Waals surface area (Å²) >= 11 is 7.49. The number of hydrogen-bond acceptors (Lipinski definition) is 5. The Morgan fingerprint density at radius 1 is 1.21 bits per heavy atom. The van der Waals surface area contributed by atoms with Crippen molar-refractivity contribution in [1.29, 1.82) is 0 Å². The second-order valence-corrected chi connectivity index (χ2v) is 8.59. The molecule has 0 atom stereocenters. The Hall–Kier alpha value is -2.41. The third-order valence-electron chi connectivity index (χ3n) is 4.85. The first-order chi connectivity index (χ1) is 13.6. The zero-order valence-electron chi connectivity index (χ0n) is 15.3. The van der Waals surface area contributed by atoms with Crippen LogP contribution in [0.15, 0.2) is 48.7 Å². The number of piperazine rings is 1. The maximum atomic E-state index is 12.6. The first kappa shape index (κ1) is 18.9. The summed E-state index contributed by atoms with van der Waals surface area (Å²) in [6.07, 6.45) is 5.86. The van der Waals surface area contributed by atoms with E-state index in [0.717, 1.165) is 51.0 Å². The molecule has 0 bridgehead atoms. The molecule has 2 N–H and O–H groups in total. The number of anilines is 1. The number of nitrogens with zero attached hydrogens (tertiary/aromatic N) is 3. The standard InChI is InChI=1S/C21H21ClN4OS/c22-20-6-4-16(28-20)2-1-9-25-10-11-26(21(27)14-25)13-15-3-5-17-18(23)7-8-24-19(17)12-15/h1-8,12H,9-11,13-14H2,(H2,23,24). The molecule has 1 amide bonds. The highest BCUT2D eigenvalue weighted by molar-refractivity contribution is 7.16. The minimum Gasteiger partial charge on any atom is -0.398 e. The molecule has 5 nitrogen and oxygen atoms in total. The Morgan fingerprint density at radius 3 is 2.89 bits per heavy atom. The summed E-state index contributed by atoms with van der Waals surface area (Å²) in [7, 11) is 0. The highest BCUT2D eigenvalue weighted by atomic mass is 35.5. The number of carbonyl (C=O) groups is 1. The van der Waals surface area contributed by atoms with Crippen molar-refractivity contribution in [1.82, 2.24) is 14.8 Å². The van der Waals surface area contributed by atoms with E-state index in [1.54, 1.807) is 23.6 Å². The molecule has 0 saturated carbocycles. The predicted molar refractivity (Wildman–Crippen MR) is 116 cm³/mol. The zero-order chi connectivity index (χ0) is 19.5. The maximum Gasteiger partial charge on any atom is 0.237 e. The minimum absolute atomic E-state index is 0.152. The third-order valence-corrected chi connectivity index (χ3v) is 6.05. The Morgan fingerprint density at radius 2 is 2.11 bits per heavy atom. The molecule has 0 aliphatic carbocycles. The van der Waals surface area contributed by atoms with E-state index >= 15 is 0 Å². The van der Waals surface area contributed by atoms with E-state index < -0.39 is 0 Å². The number of aromatic nitrogens is 1. The molecule has 0 unspecified atom stereocenters. The molecule has 144 valence electrons. The zero-order valence-corrected chi connectivity index (χ0v) is 16.9. The summed E-state index contributed by atoms with van der Waals surface area (Å²) in [4.78, 5) is 22.1. The first-order valence-corrected chi connectivity index (χ1v) is 10.3. The van der Waals surface area contributed by atoms with Crippen LogP contribution in [0, 0.1) is 0 Å². The number of halogens is 1. The Bertz CT molecular complexity index is 1030. The topological polar surface area (TPSA) is 62.5 Å². The van der Waals surface area contributed by atoms with E-state index in [-0.39, 0.29) is 5.91 Å². The van der Waals surface area contributed by atoms with Crippen molar-refractivity contribution in [2.45, 2.75) is 6.54 Å². The van der Waals surface area contributed by atoms with Crippen LogP contribution in [0.5, 0.6) is 0 Å². The molecule has 1 fully saturated rings. The van der Waals surface area contributed by atoms with Gasteiger partial charge in [-0.25, -0.2) is 0 Å². The predicted octanol–water partition coefficient (Wildman–Crippen LogP) is 3.89. The lowest BCUT2D eigenvalue weighted by atomic mass is 10.1. The lowest BCUT2D eigenvalue weighted by Gasteiger charge is -2.33. The van der Waals surface area contributed by atoms with Crippen molar-refractivity contribution >= 4 is 51.5 Å². The van der Waals surface area contributed by atoms with E-state index in [0.29, 0.717) is 13.1 Å². The smallest absolute Gasteiger partial charge is 0.237 e. The van der Waals surface area contributed by atoms with Crippen LogP contribution in [0.25, 0.3) is 17.0 Å². The van der Waals surface area contributed by atoms with Gasteiger partial charge in [-0.3, -0.25) is 14.7 Å². The fourth-order valence-corrected chi connectivity index (χ4v) is 4.34. The minimum atomic E-state index is 0.152. The average molecular weight is 413 g/mol. The van der Waals surface area contributed by atoms with Gasteiger partial charge < -0.3 is 10.6 Å². The van der Waals surface area contributed by atoms with Gasteiger partial charge in [0, 0.05) is 48.3 Å². The molecule has 4 rings (SSSR count). The number of nitrogens with two attached hydrogens (primary N) is 1. The second-order valence-electron chi connectivity index (χ2n) is 6.85. The molecule has 1 aliphatic heterocycles. The van der Waals surface area contributed by atoms with Gasteiger partial charge in [-0.05, 0) is 35.9 Å². The normalized spacial score (nSPS) is 15.8. The molecular formula is C21H21ClN4OS. The van der Waals surface area contributed by atoms with E-state index in [1.807, 2.05) is 35.2 Å². The second kappa shape index (κ2) is 8.31. The maximum absolute atomic E-state index is 12.6. The number of thiophene rings is 1. The van der Waals surface area contributed by atoms with Crippen LogP contribution in [0.4, 0.5) is 5.69 Å². The van der Waals surface area contributed by atoms with Crippen LogP contribution in [-0.4, -0.2) is 46.9 Å². The third kappa shape index (κ3) is 4.35. The number of pyridine rings is 1. The SMILES string of the molecule is Nc1ccnc2cc(CN3CCN(CC=Cc4ccc(Cl)s4)CC3=O)ccc12. The molecular weight excluding hydrogens is 392 g/mol. The van der Waals surface area contributed by atoms with Gasteiger partial charge in [0.15, 0.2) is 0 Å². The summed E-state index contributed by atoms with van der Waals surface area (Å²) in [5, 5.41) is 0.946. The van der Waals surface area contributed by atoms with E-state index in [2.05, 4.69) is 22.0 Å². The molecule has 7 heteroatoms. The lowest BCUT2D eigenvalue weighted by Crippen LogP contribution is -2.49. The van der Waals surface area contributed by atoms with Gasteiger partial charge in [0.1, 0.15) is 0 Å². The van der Waals surface area contributed by atoms with Crippen LogP contribution < -0.4 is 5.73 Å². The van der Waals surface area contributed by atoms with Crippen LogP contribution in [0.3, 0.4) is 0 Å². The fourth-order valence-electron chi connectivity index (χ4n) is 3.35. The summed E-state index contributed by atoms with van der Waals surface area (Å²) in [6.45, 7) is 3.38. The Kier molecular flexibility index (Phi) is 5.62. The highest BCUT2D eigenvalue weighted by Gasteiger charge is 2.23. The van der Waals surface area contributed by atoms with Gasteiger partial charge in [-0.15, -0.1) is 11.3 Å². The molecule has 2 aromatic heterocycles. The number of fused-ring (bicyclic) bond motifs is 1. The van der Waals surface area contributed by atoms with Crippen molar-refractivity contribution in [2.24, 2.45) is 0 Å². The quantitative estimate of drug-likeness (QED) is 0.690. The largest absolute Gasteiger partial charge is 0.398 e. The molecule has 0 radical (unpaired) electrons. The van der Waals surface area contributed by atoms with Crippen LogP contribution in [0.1, 0.15) is 10.4 Å². The molecule has 0 spiro atoms. The highest BCUT2D eigenvalue weighted by Crippen LogP contribution is 2.23. The van der Waals surface area contributed by atoms with Crippen molar-refractivity contribution in [3.8, 4) is 0 Å². The van der Waals surface area contributed by atoms with Crippen molar-refractivity contribution in [3.05, 3.63) is 63.4 Å². The lowest BCUT2D eigenvalue weighted by molar-refractivity contribution is -0.136. The van der Waals surface area contributed by atoms with E-state index in [9.17, 15) is 4.79 Å². The van der Waals surface area contributed by atoms with E-state index in [1.165, 1.54) is 0 Å². The fraction of sp³-hybridized carbons (Fsp3) is 0.238. The molecule has 3 aromatic rings. The molecule has 1 aliphatic rings. The van der Waals surface area contributed by atoms with Crippen molar-refractivity contribution in [2.75, 3.05) is 31.9 Å². The van der Waals surface area contributed by atoms with Crippen molar-refractivity contribution in [3.63, 3.8) is 0 Å². The first-order valence-electron chi connectivity index (χ1n) is 9.13. The van der Waals surface area contributed by atoms with Crippen LogP contribution >= 0.6 is 22.9 Å². The number of carbonyl (C=O) groups excluding carboxylic acids is 1. The van der Waals surface area contributed by atoms with Gasteiger partial charge in [-0.1, -0.05) is 29.8 Å². The van der Waals surface area contributed by atoms with Gasteiger partial charge in [-0.2, -0.15) is 0 Å².